The Morgan fingerprint density at radius 3 is 2.83 bits per heavy atom. The number of nitriles is 1. The Hall–Kier alpha value is -4.47. The van der Waals surface area contributed by atoms with E-state index in [4.69, 9.17) is 21.4 Å². The van der Waals surface area contributed by atoms with Crippen LogP contribution in [-0.2, 0) is 13.1 Å². The molecule has 1 atom stereocenters. The molecule has 1 aliphatic carbocycles. The molecule has 1 aromatic carbocycles. The van der Waals surface area contributed by atoms with Gasteiger partial charge in [-0.05, 0) is 35.4 Å². The highest BCUT2D eigenvalue weighted by molar-refractivity contribution is 6.32. The topological polar surface area (TPSA) is 134 Å². The second-order valence-electron chi connectivity index (χ2n) is 8.13. The molecule has 182 valence electrons. The van der Waals surface area contributed by atoms with Gasteiger partial charge in [0.15, 0.2) is 0 Å². The van der Waals surface area contributed by atoms with Gasteiger partial charge in [0.2, 0.25) is 5.95 Å². The molecule has 0 spiro atoms. The summed E-state index contributed by atoms with van der Waals surface area (Å²) in [6, 6.07) is 7.17. The van der Waals surface area contributed by atoms with Gasteiger partial charge in [-0.25, -0.2) is 24.0 Å². The predicted molar refractivity (Wildman–Crippen MR) is 127 cm³/mol. The van der Waals surface area contributed by atoms with E-state index >= 15 is 0 Å². The van der Waals surface area contributed by atoms with Crippen LogP contribution in [0, 0.1) is 17.1 Å². The SMILES string of the molecule is CN1C=C2C=C(Nc3nc(=O)n(Cc4ccon4)c(=O)n3Cc3ccc(C#N)c(F)c3)C(Cl)=CC2N1. The van der Waals surface area contributed by atoms with Crippen LogP contribution in [0.3, 0.4) is 0 Å². The standard InChI is InChI=1S/C23H18ClFN8O3/c1-31-11-15-7-20(17(24)8-19(15)29-31)27-21-28-22(34)33(12-16-4-5-36-30-16)23(35)32(21)10-13-2-3-14(9-26)18(25)6-13/h2-8,11,19,29H,10,12H2,1H3,(H,27,28,34). The minimum atomic E-state index is -0.816. The van der Waals surface area contributed by atoms with E-state index in [0.29, 0.717) is 22.0 Å². The average molecular weight is 509 g/mol. The Bertz CT molecular complexity index is 1600. The largest absolute Gasteiger partial charge is 0.364 e. The summed E-state index contributed by atoms with van der Waals surface area (Å²) in [5, 5.41) is 17.9. The van der Waals surface area contributed by atoms with Gasteiger partial charge in [0, 0.05) is 19.3 Å². The second kappa shape index (κ2) is 9.29. The molecule has 13 heteroatoms. The van der Waals surface area contributed by atoms with Crippen LogP contribution in [-0.4, -0.2) is 37.4 Å². The Labute approximate surface area is 208 Å². The van der Waals surface area contributed by atoms with Crippen molar-refractivity contribution >= 4 is 17.5 Å². The highest BCUT2D eigenvalue weighted by Gasteiger charge is 2.25. The first-order valence-electron chi connectivity index (χ1n) is 10.7. The molecule has 1 unspecified atom stereocenters. The van der Waals surface area contributed by atoms with Gasteiger partial charge < -0.3 is 14.8 Å². The molecule has 0 saturated heterocycles. The van der Waals surface area contributed by atoms with E-state index < -0.39 is 17.2 Å². The van der Waals surface area contributed by atoms with Crippen molar-refractivity contribution in [3.05, 3.63) is 109 Å². The van der Waals surface area contributed by atoms with E-state index in [-0.39, 0.29) is 30.6 Å². The van der Waals surface area contributed by atoms with Crippen LogP contribution in [0.1, 0.15) is 16.8 Å². The zero-order chi connectivity index (χ0) is 25.4. The molecule has 2 aromatic heterocycles. The van der Waals surface area contributed by atoms with Crippen LogP contribution < -0.4 is 22.1 Å². The van der Waals surface area contributed by atoms with E-state index in [9.17, 15) is 14.0 Å². The first-order chi connectivity index (χ1) is 17.3. The van der Waals surface area contributed by atoms with Gasteiger partial charge in [-0.15, -0.1) is 0 Å². The maximum atomic E-state index is 14.3. The number of hydrogen-bond acceptors (Lipinski definition) is 9. The summed E-state index contributed by atoms with van der Waals surface area (Å²) in [5.41, 5.74) is 3.61. The maximum Gasteiger partial charge on any atom is 0.355 e. The van der Waals surface area contributed by atoms with Gasteiger partial charge in [-0.1, -0.05) is 22.8 Å². The third kappa shape index (κ3) is 4.45. The monoisotopic (exact) mass is 508 g/mol. The first kappa shape index (κ1) is 23.3. The van der Waals surface area contributed by atoms with Crippen molar-refractivity contribution in [1.82, 2.24) is 29.7 Å². The van der Waals surface area contributed by atoms with Crippen molar-refractivity contribution in [3.63, 3.8) is 0 Å². The molecule has 0 amide bonds. The number of allylic oxidation sites excluding steroid dienone is 1. The molecule has 36 heavy (non-hydrogen) atoms. The van der Waals surface area contributed by atoms with Gasteiger partial charge >= 0.3 is 11.4 Å². The first-order valence-corrected chi connectivity index (χ1v) is 11.1. The van der Waals surface area contributed by atoms with E-state index in [0.717, 1.165) is 16.2 Å². The normalized spacial score (nSPS) is 16.7. The Morgan fingerprint density at radius 1 is 1.28 bits per heavy atom. The molecular formula is C23H18ClFN8O3. The molecule has 2 aliphatic rings. The second-order valence-corrected chi connectivity index (χ2v) is 8.54. The summed E-state index contributed by atoms with van der Waals surface area (Å²) in [7, 11) is 1.85. The quantitative estimate of drug-likeness (QED) is 0.509. The molecule has 1 aliphatic heterocycles. The number of halogens is 2. The summed E-state index contributed by atoms with van der Waals surface area (Å²) in [6.45, 7) is -0.306. The molecular weight excluding hydrogens is 491 g/mol. The number of hydrogen-bond donors (Lipinski definition) is 2. The van der Waals surface area contributed by atoms with Gasteiger partial charge in [-0.2, -0.15) is 10.2 Å². The fraction of sp³-hybridized carbons (Fsp3) is 0.174. The van der Waals surface area contributed by atoms with Crippen LogP contribution in [0.2, 0.25) is 0 Å². The predicted octanol–water partition coefficient (Wildman–Crippen LogP) is 1.63. The van der Waals surface area contributed by atoms with Gasteiger partial charge in [0.25, 0.3) is 0 Å². The van der Waals surface area contributed by atoms with E-state index in [2.05, 4.69) is 20.9 Å². The number of nitrogens with zero attached hydrogens (tertiary/aromatic N) is 6. The lowest BCUT2D eigenvalue weighted by atomic mass is 10.0. The molecule has 3 heterocycles. The van der Waals surface area contributed by atoms with Gasteiger partial charge in [0.05, 0.1) is 35.4 Å². The summed E-state index contributed by atoms with van der Waals surface area (Å²) in [6.07, 6.45) is 6.76. The van der Waals surface area contributed by atoms with Crippen LogP contribution in [0.4, 0.5) is 10.3 Å². The zero-order valence-electron chi connectivity index (χ0n) is 18.8. The number of rotatable bonds is 6. The molecule has 0 bridgehead atoms. The molecule has 11 nitrogen and oxygen atoms in total. The Kier molecular flexibility index (Phi) is 6.01. The number of anilines is 1. The highest BCUT2D eigenvalue weighted by Crippen LogP contribution is 2.29. The lowest BCUT2D eigenvalue weighted by molar-refractivity contribution is 0.349. The summed E-state index contributed by atoms with van der Waals surface area (Å²) < 4.78 is 21.1. The zero-order valence-corrected chi connectivity index (χ0v) is 19.5. The summed E-state index contributed by atoms with van der Waals surface area (Å²) >= 11 is 6.47. The van der Waals surface area contributed by atoms with Crippen molar-refractivity contribution in [3.8, 4) is 6.07 Å². The fourth-order valence-electron chi connectivity index (χ4n) is 3.90. The van der Waals surface area contributed by atoms with E-state index in [1.807, 2.05) is 13.2 Å². The Morgan fingerprint density at radius 2 is 2.11 bits per heavy atom. The van der Waals surface area contributed by atoms with Gasteiger partial charge in [0.1, 0.15) is 23.8 Å². The van der Waals surface area contributed by atoms with E-state index in [1.165, 1.54) is 29.0 Å². The smallest absolute Gasteiger partial charge is 0.355 e. The number of benzene rings is 1. The fourth-order valence-corrected chi connectivity index (χ4v) is 4.13. The minimum Gasteiger partial charge on any atom is -0.364 e. The van der Waals surface area contributed by atoms with Crippen LogP contribution in [0.25, 0.3) is 0 Å². The van der Waals surface area contributed by atoms with Crippen molar-refractivity contribution in [1.29, 1.82) is 5.26 Å². The molecule has 0 saturated carbocycles. The summed E-state index contributed by atoms with van der Waals surface area (Å²) in [5.74, 6) is -0.805. The number of aromatic nitrogens is 4. The third-order valence-electron chi connectivity index (χ3n) is 5.63. The van der Waals surface area contributed by atoms with Crippen molar-refractivity contribution in [2.24, 2.45) is 0 Å². The lowest BCUT2D eigenvalue weighted by Crippen LogP contribution is -2.43. The van der Waals surface area contributed by atoms with Gasteiger partial charge in [-0.3, -0.25) is 4.57 Å². The van der Waals surface area contributed by atoms with Crippen LogP contribution in [0.15, 0.2) is 79.3 Å². The van der Waals surface area contributed by atoms with Crippen LogP contribution in [0.5, 0.6) is 0 Å². The minimum absolute atomic E-state index is 0.0812. The molecule has 0 radical (unpaired) electrons. The number of fused-ring (bicyclic) bond motifs is 1. The summed E-state index contributed by atoms with van der Waals surface area (Å²) in [4.78, 5) is 30.3. The molecule has 0 fully saturated rings. The Balaban J connectivity index is 1.58. The average Bonchev–Trinajstić information content (AvgIpc) is 3.48. The van der Waals surface area contributed by atoms with E-state index in [1.54, 1.807) is 23.2 Å². The number of nitrogens with one attached hydrogen (secondary N) is 2. The van der Waals surface area contributed by atoms with Crippen molar-refractivity contribution in [2.45, 2.75) is 19.1 Å². The molecule has 5 rings (SSSR count). The lowest BCUT2D eigenvalue weighted by Gasteiger charge is -2.21. The van der Waals surface area contributed by atoms with Crippen molar-refractivity contribution in [2.75, 3.05) is 12.4 Å². The maximum absolute atomic E-state index is 14.3. The molecule has 2 N–H and O–H groups in total. The highest BCUT2D eigenvalue weighted by atomic mass is 35.5. The van der Waals surface area contributed by atoms with Crippen LogP contribution >= 0.6 is 11.6 Å². The number of hydrazine groups is 1. The van der Waals surface area contributed by atoms with Crippen molar-refractivity contribution < 1.29 is 8.91 Å². The third-order valence-corrected chi connectivity index (χ3v) is 5.96. The molecule has 3 aromatic rings.